The fourth-order valence-corrected chi connectivity index (χ4v) is 14.1. The molecule has 0 spiro atoms. The summed E-state index contributed by atoms with van der Waals surface area (Å²) in [6.07, 6.45) is 0. The highest BCUT2D eigenvalue weighted by Crippen LogP contribution is 2.50. The van der Waals surface area contributed by atoms with Crippen molar-refractivity contribution in [2.45, 2.75) is 0 Å². The summed E-state index contributed by atoms with van der Waals surface area (Å²) in [7, 11) is 0. The summed E-state index contributed by atoms with van der Waals surface area (Å²) in [6, 6.07) is 88.0. The van der Waals surface area contributed by atoms with Gasteiger partial charge in [-0.1, -0.05) is 103 Å². The largest absolute Gasteiger partial charge is 0.458 e. The minimum atomic E-state index is -0.162. The molecular formula is C66H40B2I4N4O2. The predicted molar refractivity (Wildman–Crippen MR) is 358 cm³/mol. The second-order valence-electron chi connectivity index (χ2n) is 19.8. The van der Waals surface area contributed by atoms with Crippen LogP contribution in [0.2, 0.25) is 0 Å². The second kappa shape index (κ2) is 19.6. The van der Waals surface area contributed by atoms with Gasteiger partial charge in [0.2, 0.25) is 0 Å². The zero-order valence-electron chi connectivity index (χ0n) is 41.4. The second-order valence-corrected chi connectivity index (χ2v) is 24.8. The summed E-state index contributed by atoms with van der Waals surface area (Å²) < 4.78 is 19.5. The molecule has 11 aromatic carbocycles. The fourth-order valence-electron chi connectivity index (χ4n) is 12.1. The zero-order chi connectivity index (χ0) is 52.2. The standard InChI is InChI=1S/C66H40B2I4N4O2/c69-41-15-13-25-49(31-41)73(45-17-5-1-6-18-45)51-35-59-65-63(37-51)78-62-40-58-55(39-56(62)67(65)53-29-27-43(71)33-57(53)75(59)47-21-9-3-10-22-47)68-54-30-28-44(72)34-61(54)77-64-38-52(36-60(66(64)68)76(58)48-23-11-4-12-24-48)74(46-19-7-2-8-20-46)50-26-14-16-42(70)32-50/h1-40H. The Kier molecular flexibility index (Phi) is 12.1. The predicted octanol–water partition coefficient (Wildman–Crippen LogP) is 15.9. The van der Waals surface area contributed by atoms with Gasteiger partial charge < -0.3 is 29.1 Å². The monoisotopic (exact) mass is 1450 g/mol. The van der Waals surface area contributed by atoms with E-state index in [0.29, 0.717) is 0 Å². The number of benzene rings is 11. The number of rotatable bonds is 8. The topological polar surface area (TPSA) is 31.4 Å². The molecule has 0 aromatic heterocycles. The molecule has 78 heavy (non-hydrogen) atoms. The van der Waals surface area contributed by atoms with E-state index in [-0.39, 0.29) is 13.4 Å². The van der Waals surface area contributed by atoms with Gasteiger partial charge in [-0.15, -0.1) is 0 Å². The molecule has 0 saturated carbocycles. The Hall–Kier alpha value is -6.73. The normalized spacial score (nSPS) is 13.0. The molecule has 0 N–H and O–H groups in total. The number of fused-ring (bicyclic) bond motifs is 8. The molecule has 0 radical (unpaired) electrons. The number of anilines is 12. The lowest BCUT2D eigenvalue weighted by atomic mass is 9.31. The van der Waals surface area contributed by atoms with Crippen molar-refractivity contribution in [2.75, 3.05) is 19.6 Å². The van der Waals surface area contributed by atoms with Gasteiger partial charge in [0.1, 0.15) is 23.0 Å². The number of hydrogen-bond acceptors (Lipinski definition) is 6. The first-order chi connectivity index (χ1) is 38.3. The average molecular weight is 1450 g/mol. The Bertz CT molecular complexity index is 4220. The van der Waals surface area contributed by atoms with Crippen LogP contribution in [0.3, 0.4) is 0 Å². The molecule has 0 saturated heterocycles. The molecule has 4 aliphatic heterocycles. The third kappa shape index (κ3) is 8.13. The van der Waals surface area contributed by atoms with E-state index in [1.54, 1.807) is 0 Å². The van der Waals surface area contributed by atoms with Gasteiger partial charge in [-0.05, 0) is 244 Å². The summed E-state index contributed by atoms with van der Waals surface area (Å²) in [6.45, 7) is -0.324. The maximum Gasteiger partial charge on any atom is 0.256 e. The lowest BCUT2D eigenvalue weighted by Gasteiger charge is -2.43. The Morgan fingerprint density at radius 1 is 0.282 bits per heavy atom. The first kappa shape index (κ1) is 48.4. The minimum absolute atomic E-state index is 0.162. The van der Waals surface area contributed by atoms with Crippen LogP contribution in [0.4, 0.5) is 68.2 Å². The van der Waals surface area contributed by atoms with Crippen molar-refractivity contribution in [1.29, 1.82) is 0 Å². The van der Waals surface area contributed by atoms with Crippen LogP contribution < -0.4 is 61.9 Å². The molecule has 4 aliphatic rings. The van der Waals surface area contributed by atoms with Gasteiger partial charge in [0.15, 0.2) is 0 Å². The highest BCUT2D eigenvalue weighted by atomic mass is 127. The van der Waals surface area contributed by atoms with E-state index in [4.69, 9.17) is 9.47 Å². The van der Waals surface area contributed by atoms with Gasteiger partial charge in [0, 0.05) is 89.4 Å². The summed E-state index contributed by atoms with van der Waals surface area (Å²) in [5, 5.41) is 0. The van der Waals surface area contributed by atoms with Crippen molar-refractivity contribution in [3.8, 4) is 23.0 Å². The molecule has 0 atom stereocenters. The molecule has 0 unspecified atom stereocenters. The highest BCUT2D eigenvalue weighted by molar-refractivity contribution is 14.1. The Balaban J connectivity index is 1.01. The van der Waals surface area contributed by atoms with Gasteiger partial charge in [-0.2, -0.15) is 0 Å². The Morgan fingerprint density at radius 3 is 1.22 bits per heavy atom. The van der Waals surface area contributed by atoms with E-state index in [9.17, 15) is 0 Å². The van der Waals surface area contributed by atoms with Gasteiger partial charge in [-0.3, -0.25) is 0 Å². The molecule has 11 aromatic rings. The molecule has 0 bridgehead atoms. The van der Waals surface area contributed by atoms with Gasteiger partial charge in [0.25, 0.3) is 13.4 Å². The molecule has 6 nitrogen and oxygen atoms in total. The van der Waals surface area contributed by atoms with Crippen molar-refractivity contribution in [2.24, 2.45) is 0 Å². The van der Waals surface area contributed by atoms with E-state index in [2.05, 4.69) is 353 Å². The highest BCUT2D eigenvalue weighted by Gasteiger charge is 2.47. The van der Waals surface area contributed by atoms with Crippen LogP contribution in [0.5, 0.6) is 23.0 Å². The quantitative estimate of drug-likeness (QED) is 0.111. The van der Waals surface area contributed by atoms with Gasteiger partial charge >= 0.3 is 0 Å². The van der Waals surface area contributed by atoms with Crippen molar-refractivity contribution in [3.63, 3.8) is 0 Å². The molecule has 12 heteroatoms. The number of para-hydroxylation sites is 4. The van der Waals surface area contributed by atoms with Crippen molar-refractivity contribution >= 4 is 205 Å². The summed E-state index contributed by atoms with van der Waals surface area (Å²) >= 11 is 9.74. The Labute approximate surface area is 508 Å². The smallest absolute Gasteiger partial charge is 0.256 e. The van der Waals surface area contributed by atoms with E-state index in [1.165, 1.54) is 10.9 Å². The van der Waals surface area contributed by atoms with E-state index in [0.717, 1.165) is 127 Å². The lowest BCUT2D eigenvalue weighted by Crippen LogP contribution is -2.63. The molecule has 4 heterocycles. The van der Waals surface area contributed by atoms with E-state index in [1.807, 2.05) is 0 Å². The van der Waals surface area contributed by atoms with Crippen LogP contribution in [-0.2, 0) is 0 Å². The van der Waals surface area contributed by atoms with Crippen molar-refractivity contribution in [3.05, 3.63) is 257 Å². The molecular weight excluding hydrogens is 1410 g/mol. The van der Waals surface area contributed by atoms with Crippen LogP contribution in [-0.4, -0.2) is 13.4 Å². The maximum atomic E-state index is 7.63. The minimum Gasteiger partial charge on any atom is -0.458 e. The number of halogens is 4. The number of nitrogens with zero attached hydrogens (tertiary/aromatic N) is 4. The van der Waals surface area contributed by atoms with Gasteiger partial charge in [-0.25, -0.2) is 0 Å². The molecule has 15 rings (SSSR count). The van der Waals surface area contributed by atoms with E-state index >= 15 is 0 Å². The van der Waals surface area contributed by atoms with Crippen LogP contribution in [0.1, 0.15) is 0 Å². The van der Waals surface area contributed by atoms with Crippen LogP contribution in [0.15, 0.2) is 243 Å². The summed E-state index contributed by atoms with van der Waals surface area (Å²) in [5.74, 6) is 3.35. The van der Waals surface area contributed by atoms with Crippen molar-refractivity contribution in [1.82, 2.24) is 0 Å². The maximum absolute atomic E-state index is 7.63. The molecule has 0 amide bonds. The van der Waals surface area contributed by atoms with Crippen LogP contribution >= 0.6 is 90.4 Å². The first-order valence-corrected chi connectivity index (χ1v) is 30.0. The summed E-state index contributed by atoms with van der Waals surface area (Å²) in [5.41, 5.74) is 19.6. The Morgan fingerprint density at radius 2 is 0.705 bits per heavy atom. The van der Waals surface area contributed by atoms with Crippen LogP contribution in [0.25, 0.3) is 0 Å². The first-order valence-electron chi connectivity index (χ1n) is 25.7. The van der Waals surface area contributed by atoms with E-state index < -0.39 is 0 Å². The van der Waals surface area contributed by atoms with Crippen molar-refractivity contribution < 1.29 is 9.47 Å². The molecule has 0 fully saturated rings. The lowest BCUT2D eigenvalue weighted by molar-refractivity contribution is 0.487. The van der Waals surface area contributed by atoms with Gasteiger partial charge in [0.05, 0.1) is 11.4 Å². The average Bonchev–Trinajstić information content (AvgIpc) is 2.60. The van der Waals surface area contributed by atoms with Crippen LogP contribution in [0, 0.1) is 14.3 Å². The molecule has 370 valence electrons. The third-order valence-electron chi connectivity index (χ3n) is 15.3. The molecule has 0 aliphatic carbocycles. The fraction of sp³-hybridized carbons (Fsp3) is 0. The zero-order valence-corrected chi connectivity index (χ0v) is 50.0. The SMILES string of the molecule is Ic1cccc(N(c2ccccc2)c2cc3c4c(c2)N(c2ccccc2)c2cc(I)ccc2B4c2cc4c(cc2O3)N(c2ccccc2)c2cc(N(c3ccccc3)c3cccc(I)c3)cc3c2B4c2ccc(I)cc2O3)c1. The number of hydrogen-bond donors (Lipinski definition) is 0. The number of ether oxygens (including phenoxy) is 2. The third-order valence-corrected chi connectivity index (χ3v) is 18.0. The summed E-state index contributed by atoms with van der Waals surface area (Å²) in [4.78, 5) is 9.59.